The molecule has 0 radical (unpaired) electrons. The number of quaternary nitrogens is 1. The molecule has 33 heavy (non-hydrogen) atoms. The maximum absolute atomic E-state index is 12.8. The van der Waals surface area contributed by atoms with Gasteiger partial charge in [0.25, 0.3) is 0 Å². The summed E-state index contributed by atoms with van der Waals surface area (Å²) in [5.74, 6) is -0.663. The highest BCUT2D eigenvalue weighted by Gasteiger charge is 2.82. The van der Waals surface area contributed by atoms with E-state index in [0.29, 0.717) is 6.61 Å². The van der Waals surface area contributed by atoms with E-state index in [1.807, 2.05) is 67.6 Å². The number of benzene rings is 2. The van der Waals surface area contributed by atoms with Gasteiger partial charge in [-0.2, -0.15) is 0 Å². The molecule has 0 spiro atoms. The summed E-state index contributed by atoms with van der Waals surface area (Å²) in [5, 5.41) is 0. The van der Waals surface area contributed by atoms with Gasteiger partial charge in [-0.05, 0) is 37.3 Å². The van der Waals surface area contributed by atoms with Crippen molar-refractivity contribution in [3.63, 3.8) is 0 Å². The summed E-state index contributed by atoms with van der Waals surface area (Å²) in [5.41, 5.74) is 1.42. The Morgan fingerprint density at radius 3 is 2.30 bits per heavy atom. The lowest BCUT2D eigenvalue weighted by Crippen LogP contribution is -2.72. The second-order valence-electron chi connectivity index (χ2n) is 9.97. The van der Waals surface area contributed by atoms with Gasteiger partial charge < -0.3 is 23.2 Å². The molecule has 0 N–H and O–H groups in total. The molecule has 2 aromatic rings. The van der Waals surface area contributed by atoms with E-state index >= 15 is 0 Å². The van der Waals surface area contributed by atoms with E-state index in [1.165, 1.54) is 0 Å². The molecule has 4 atom stereocenters. The number of carbonyl (C=O) groups excluding carboxylic acids is 2. The van der Waals surface area contributed by atoms with Crippen LogP contribution in [0, 0.1) is 0 Å². The van der Waals surface area contributed by atoms with Gasteiger partial charge in [-0.3, -0.25) is 9.59 Å². The Bertz CT molecular complexity index is 1070. The lowest BCUT2D eigenvalue weighted by molar-refractivity contribution is -0.846. The fraction of sp³-hybridized carbons (Fsp3) is 0.440. The van der Waals surface area contributed by atoms with Crippen LogP contribution in [0.15, 0.2) is 60.7 Å². The fourth-order valence-electron chi connectivity index (χ4n) is 6.56. The van der Waals surface area contributed by atoms with Crippen molar-refractivity contribution in [3.8, 4) is 0 Å². The summed E-state index contributed by atoms with van der Waals surface area (Å²) in [6, 6.07) is 19.3. The van der Waals surface area contributed by atoms with E-state index in [-0.39, 0.29) is 43.0 Å². The number of rotatable bonds is 6. The SMILES string of the molecule is C[C@@]1(c2ccccc2)OC1[B-]12OC(=O)C[N+]1([C@@H]1CCC[C@H]1OCc1ccccc1)CC(=O)O2.[HH]. The number of ether oxygens (including phenoxy) is 2. The highest BCUT2D eigenvalue weighted by molar-refractivity contribution is 6.68. The first-order valence-corrected chi connectivity index (χ1v) is 11.8. The van der Waals surface area contributed by atoms with Gasteiger partial charge in [0.15, 0.2) is 0 Å². The van der Waals surface area contributed by atoms with E-state index in [2.05, 4.69) is 0 Å². The van der Waals surface area contributed by atoms with E-state index < -0.39 is 18.3 Å². The average molecular weight is 451 g/mol. The van der Waals surface area contributed by atoms with Gasteiger partial charge in [0.05, 0.1) is 18.2 Å². The van der Waals surface area contributed by atoms with E-state index in [0.717, 1.165) is 30.4 Å². The predicted molar refractivity (Wildman–Crippen MR) is 121 cm³/mol. The zero-order valence-electron chi connectivity index (χ0n) is 18.7. The lowest BCUT2D eigenvalue weighted by Gasteiger charge is -2.49. The monoisotopic (exact) mass is 451 g/mol. The van der Waals surface area contributed by atoms with Crippen LogP contribution in [0.3, 0.4) is 0 Å². The van der Waals surface area contributed by atoms with Crippen LogP contribution in [-0.2, 0) is 40.6 Å². The Labute approximate surface area is 194 Å². The summed E-state index contributed by atoms with van der Waals surface area (Å²) in [4.78, 5) is 25.6. The van der Waals surface area contributed by atoms with Gasteiger partial charge in [0, 0.05) is 1.43 Å². The Hall–Kier alpha value is -2.68. The summed E-state index contributed by atoms with van der Waals surface area (Å²) in [6.07, 6.45) is 2.62. The topological polar surface area (TPSA) is 74.4 Å². The first-order valence-electron chi connectivity index (χ1n) is 11.8. The zero-order chi connectivity index (χ0) is 22.7. The zero-order valence-corrected chi connectivity index (χ0v) is 18.7. The standard InChI is InChI=1S/C25H28BNO6.H2/c1-25(19-11-6-3-7-12-19)24(31-25)26-27(15-22(28)32-26,16-23(29)33-26)20-13-8-14-21(20)30-17-18-9-4-2-5-10-18;/h2-7,9-12,20-21,24H,8,13-17H2,1H3;1H/t20-,21-,24?,25+,26?,27?;/m1./s1. The van der Waals surface area contributed by atoms with Gasteiger partial charge in [-0.1, -0.05) is 60.7 Å². The molecule has 4 aliphatic rings. The molecule has 0 aromatic heterocycles. The normalized spacial score (nSPS) is 39.2. The molecule has 7 nitrogen and oxygen atoms in total. The minimum Gasteiger partial charge on any atom is -0.598 e. The van der Waals surface area contributed by atoms with Crippen molar-refractivity contribution in [1.29, 1.82) is 0 Å². The Morgan fingerprint density at radius 1 is 1.00 bits per heavy atom. The van der Waals surface area contributed by atoms with Crippen molar-refractivity contribution in [3.05, 3.63) is 71.8 Å². The first kappa shape index (κ1) is 20.9. The molecule has 3 saturated heterocycles. The second kappa shape index (κ2) is 7.42. The van der Waals surface area contributed by atoms with E-state index in [1.54, 1.807) is 0 Å². The van der Waals surface area contributed by atoms with Gasteiger partial charge >= 0.3 is 18.6 Å². The van der Waals surface area contributed by atoms with E-state index in [9.17, 15) is 9.59 Å². The molecule has 6 rings (SSSR count). The largest absolute Gasteiger partial charge is 0.615 e. The molecular weight excluding hydrogens is 421 g/mol. The van der Waals surface area contributed by atoms with Gasteiger partial charge in [0.2, 0.25) is 0 Å². The van der Waals surface area contributed by atoms with Crippen LogP contribution in [-0.4, -0.2) is 54.3 Å². The average Bonchev–Trinajstić information content (AvgIpc) is 3.08. The van der Waals surface area contributed by atoms with Crippen LogP contribution in [0.25, 0.3) is 0 Å². The maximum Gasteiger partial charge on any atom is 0.615 e. The first-order chi connectivity index (χ1) is 16.0. The minimum absolute atomic E-state index is 0. The molecule has 4 fully saturated rings. The van der Waals surface area contributed by atoms with Crippen LogP contribution in [0.1, 0.15) is 38.7 Å². The van der Waals surface area contributed by atoms with Crippen molar-refractivity contribution in [2.75, 3.05) is 13.1 Å². The third-order valence-corrected chi connectivity index (χ3v) is 8.14. The smallest absolute Gasteiger partial charge is 0.598 e. The molecule has 1 saturated carbocycles. The molecule has 1 unspecified atom stereocenters. The van der Waals surface area contributed by atoms with Crippen molar-refractivity contribution in [2.24, 2.45) is 0 Å². The molecule has 1 aliphatic carbocycles. The number of hydrogen-bond donors (Lipinski definition) is 0. The quantitative estimate of drug-likeness (QED) is 0.497. The van der Waals surface area contributed by atoms with Crippen molar-refractivity contribution >= 4 is 18.6 Å². The summed E-state index contributed by atoms with van der Waals surface area (Å²) in [6.45, 7) is 0.353. The molecule has 3 heterocycles. The third kappa shape index (κ3) is 3.08. The van der Waals surface area contributed by atoms with E-state index in [4.69, 9.17) is 18.8 Å². The minimum atomic E-state index is -2.36. The number of fused-ring (bicyclic) bond motifs is 1. The highest BCUT2D eigenvalue weighted by atomic mass is 16.7. The highest BCUT2D eigenvalue weighted by Crippen LogP contribution is 2.57. The molecule has 174 valence electrons. The van der Waals surface area contributed by atoms with Crippen LogP contribution < -0.4 is 0 Å². The number of nitrogens with zero attached hydrogens (tertiary/aromatic N) is 1. The molecule has 3 aliphatic heterocycles. The van der Waals surface area contributed by atoms with Crippen LogP contribution >= 0.6 is 0 Å². The predicted octanol–water partition coefficient (Wildman–Crippen LogP) is 3.09. The van der Waals surface area contributed by atoms with Gasteiger partial charge in [-0.25, -0.2) is 0 Å². The summed E-state index contributed by atoms with van der Waals surface area (Å²) in [7, 11) is 0. The van der Waals surface area contributed by atoms with Crippen molar-refractivity contribution in [1.82, 2.24) is 0 Å². The Balaban J connectivity index is 0.00000241. The number of hydrogen-bond acceptors (Lipinski definition) is 6. The van der Waals surface area contributed by atoms with Crippen molar-refractivity contribution < 1.29 is 34.2 Å². The fourth-order valence-corrected chi connectivity index (χ4v) is 6.56. The summed E-state index contributed by atoms with van der Waals surface area (Å²) < 4.78 is 24.8. The Morgan fingerprint density at radius 2 is 1.64 bits per heavy atom. The van der Waals surface area contributed by atoms with Crippen LogP contribution in [0.2, 0.25) is 0 Å². The second-order valence-corrected chi connectivity index (χ2v) is 9.97. The van der Waals surface area contributed by atoms with Gasteiger partial charge in [0.1, 0.15) is 25.2 Å². The van der Waals surface area contributed by atoms with Crippen LogP contribution in [0.4, 0.5) is 0 Å². The molecule has 0 amide bonds. The van der Waals surface area contributed by atoms with Gasteiger partial charge in [-0.15, -0.1) is 0 Å². The maximum atomic E-state index is 12.8. The third-order valence-electron chi connectivity index (χ3n) is 8.14. The summed E-state index contributed by atoms with van der Waals surface area (Å²) >= 11 is 0. The van der Waals surface area contributed by atoms with Crippen LogP contribution in [0.5, 0.6) is 0 Å². The number of epoxide rings is 1. The van der Waals surface area contributed by atoms with Crippen molar-refractivity contribution in [2.45, 2.75) is 56.5 Å². The molecule has 8 heteroatoms. The number of carbonyl (C=O) groups is 2. The Kier molecular flexibility index (Phi) is 4.70. The lowest BCUT2D eigenvalue weighted by atomic mass is 9.58. The molecule has 2 aromatic carbocycles. The molecule has 0 bridgehead atoms. The molecular formula is C25H30BNO6.